The molecule has 0 spiro atoms. The molecule has 2 aromatic carbocycles. The zero-order chi connectivity index (χ0) is 23.4. The number of thioether (sulfide) groups is 1. The van der Waals surface area contributed by atoms with Gasteiger partial charge in [0.05, 0.1) is 24.1 Å². The third-order valence-corrected chi connectivity index (χ3v) is 5.58. The number of methoxy groups -OCH3 is 1. The summed E-state index contributed by atoms with van der Waals surface area (Å²) in [6.45, 7) is 1.62. The van der Waals surface area contributed by atoms with Crippen LogP contribution < -0.4 is 15.4 Å². The molecule has 1 fully saturated rings. The summed E-state index contributed by atoms with van der Waals surface area (Å²) < 4.78 is 18.7. The van der Waals surface area contributed by atoms with Gasteiger partial charge in [0.2, 0.25) is 11.8 Å². The van der Waals surface area contributed by atoms with E-state index in [0.29, 0.717) is 11.3 Å². The Morgan fingerprint density at radius 1 is 1.19 bits per heavy atom. The van der Waals surface area contributed by atoms with Gasteiger partial charge in [0.15, 0.2) is 16.7 Å². The van der Waals surface area contributed by atoms with E-state index in [4.69, 9.17) is 15.6 Å². The van der Waals surface area contributed by atoms with Crippen molar-refractivity contribution in [3.63, 3.8) is 0 Å². The first kappa shape index (κ1) is 22.9. The number of anilines is 1. The molecule has 0 aliphatic carbocycles. The maximum absolute atomic E-state index is 13.9. The average Bonchev–Trinajstić information content (AvgIpc) is 3.04. The largest absolute Gasteiger partial charge is 0.494 e. The van der Waals surface area contributed by atoms with Crippen LogP contribution in [-0.2, 0) is 9.59 Å². The number of carbonyl (C=O) groups is 3. The lowest BCUT2D eigenvalue weighted by atomic mass is 10.1. The Labute approximate surface area is 186 Å². The molecule has 32 heavy (non-hydrogen) atoms. The highest BCUT2D eigenvalue weighted by atomic mass is 32.2. The third kappa shape index (κ3) is 4.94. The van der Waals surface area contributed by atoms with Crippen molar-refractivity contribution in [1.29, 1.82) is 0 Å². The van der Waals surface area contributed by atoms with Gasteiger partial charge >= 0.3 is 5.97 Å². The van der Waals surface area contributed by atoms with Crippen molar-refractivity contribution in [2.75, 3.05) is 12.0 Å². The molecule has 1 aliphatic rings. The number of halogens is 1. The quantitative estimate of drug-likeness (QED) is 0.294. The summed E-state index contributed by atoms with van der Waals surface area (Å²) in [5.74, 6) is -2.47. The fourth-order valence-corrected chi connectivity index (χ4v) is 3.77. The van der Waals surface area contributed by atoms with Crippen LogP contribution in [0.4, 0.5) is 10.1 Å². The second kappa shape index (κ2) is 9.60. The molecule has 2 aromatic rings. The first-order valence-electron chi connectivity index (χ1n) is 9.29. The van der Waals surface area contributed by atoms with Crippen LogP contribution in [0.5, 0.6) is 5.75 Å². The number of benzene rings is 2. The van der Waals surface area contributed by atoms with Gasteiger partial charge in [-0.1, -0.05) is 11.8 Å². The minimum Gasteiger partial charge on any atom is -0.494 e. The Morgan fingerprint density at radius 3 is 2.44 bits per heavy atom. The summed E-state index contributed by atoms with van der Waals surface area (Å²) in [6, 6.07) is 9.75. The summed E-state index contributed by atoms with van der Waals surface area (Å²) >= 11 is 0.892. The predicted molar refractivity (Wildman–Crippen MR) is 119 cm³/mol. The molecule has 0 bridgehead atoms. The maximum Gasteiger partial charge on any atom is 0.335 e. The Morgan fingerprint density at radius 2 is 1.84 bits per heavy atom. The summed E-state index contributed by atoms with van der Waals surface area (Å²) in [7, 11) is 1.36. The molecule has 9 nitrogen and oxygen atoms in total. The number of ether oxygens (including phenoxy) is 1. The fourth-order valence-electron chi connectivity index (χ4n) is 2.96. The molecule has 0 aromatic heterocycles. The average molecular weight is 458 g/mol. The molecule has 1 heterocycles. The van der Waals surface area contributed by atoms with Gasteiger partial charge in [0.1, 0.15) is 5.25 Å². The second-order valence-electron chi connectivity index (χ2n) is 6.70. The van der Waals surface area contributed by atoms with Gasteiger partial charge in [0.25, 0.3) is 0 Å². The monoisotopic (exact) mass is 458 g/mol. The summed E-state index contributed by atoms with van der Waals surface area (Å²) in [4.78, 5) is 37.0. The van der Waals surface area contributed by atoms with Crippen molar-refractivity contribution < 1.29 is 28.6 Å². The molecular weight excluding hydrogens is 439 g/mol. The van der Waals surface area contributed by atoms with Crippen LogP contribution in [0.2, 0.25) is 0 Å². The first-order chi connectivity index (χ1) is 15.2. The lowest BCUT2D eigenvalue weighted by Crippen LogP contribution is -2.31. The minimum absolute atomic E-state index is 0.0347. The molecule has 0 saturated carbocycles. The molecule has 1 saturated heterocycles. The molecule has 0 radical (unpaired) electrons. The number of carboxylic acids is 1. The number of hydrogen-bond acceptors (Lipinski definition) is 7. The van der Waals surface area contributed by atoms with E-state index < -0.39 is 28.9 Å². The van der Waals surface area contributed by atoms with Crippen LogP contribution in [0, 0.1) is 5.82 Å². The van der Waals surface area contributed by atoms with Crippen molar-refractivity contribution in [2.24, 2.45) is 15.9 Å². The molecule has 11 heteroatoms. The standard InChI is InChI=1S/C21H19FN4O5S/c1-11(13-5-8-16(31-2)15(22)9-13)24-25-21(23)32-17-10-18(27)26(19(17)28)14-6-3-12(4-7-14)20(29)30/h3-9,17H,10H2,1-2H3,(H2,23,25)(H,29,30)/b24-11-/t17-/m0/s1. The third-order valence-electron chi connectivity index (χ3n) is 4.61. The number of carboxylic acid groups (broad SMARTS) is 1. The van der Waals surface area contributed by atoms with Crippen molar-refractivity contribution in [3.8, 4) is 5.75 Å². The highest BCUT2D eigenvalue weighted by Gasteiger charge is 2.40. The van der Waals surface area contributed by atoms with E-state index in [9.17, 15) is 18.8 Å². The molecule has 0 unspecified atom stereocenters. The minimum atomic E-state index is -1.11. The number of hydrogen-bond donors (Lipinski definition) is 2. The van der Waals surface area contributed by atoms with Crippen LogP contribution in [0.3, 0.4) is 0 Å². The van der Waals surface area contributed by atoms with Crippen LogP contribution in [0.25, 0.3) is 0 Å². The fraction of sp³-hybridized carbons (Fsp3) is 0.190. The maximum atomic E-state index is 13.9. The molecule has 166 valence electrons. The van der Waals surface area contributed by atoms with Gasteiger partial charge in [-0.2, -0.15) is 5.10 Å². The van der Waals surface area contributed by atoms with Crippen LogP contribution >= 0.6 is 11.8 Å². The summed E-state index contributed by atoms with van der Waals surface area (Å²) in [5, 5.41) is 16.0. The number of imide groups is 1. The van der Waals surface area contributed by atoms with Gasteiger partial charge in [-0.05, 0) is 49.4 Å². The van der Waals surface area contributed by atoms with Crippen molar-refractivity contribution in [2.45, 2.75) is 18.6 Å². The van der Waals surface area contributed by atoms with E-state index in [-0.39, 0.29) is 28.6 Å². The van der Waals surface area contributed by atoms with E-state index in [1.54, 1.807) is 13.0 Å². The number of aromatic carboxylic acids is 1. The van der Waals surface area contributed by atoms with Gasteiger partial charge in [-0.15, -0.1) is 5.10 Å². The van der Waals surface area contributed by atoms with Gasteiger partial charge in [-0.3, -0.25) is 9.59 Å². The Bertz CT molecular complexity index is 1130. The highest BCUT2D eigenvalue weighted by molar-refractivity contribution is 8.14. The number of rotatable bonds is 6. The Balaban J connectivity index is 1.70. The van der Waals surface area contributed by atoms with Crippen molar-refractivity contribution in [3.05, 3.63) is 59.4 Å². The number of nitrogens with two attached hydrogens (primary N) is 1. The molecule has 2 amide bonds. The Kier molecular flexibility index (Phi) is 6.89. The lowest BCUT2D eigenvalue weighted by Gasteiger charge is -2.14. The van der Waals surface area contributed by atoms with Crippen molar-refractivity contribution in [1.82, 2.24) is 0 Å². The zero-order valence-electron chi connectivity index (χ0n) is 17.1. The lowest BCUT2D eigenvalue weighted by molar-refractivity contribution is -0.121. The SMILES string of the molecule is COc1ccc(/C(C)=N\N=C(/N)S[C@H]2CC(=O)N(c3ccc(C(=O)O)cc3)C2=O)cc1F. The molecule has 1 aliphatic heterocycles. The van der Waals surface area contributed by atoms with E-state index in [1.807, 2.05) is 0 Å². The van der Waals surface area contributed by atoms with Crippen molar-refractivity contribution >= 4 is 46.1 Å². The smallest absolute Gasteiger partial charge is 0.335 e. The number of carbonyl (C=O) groups excluding carboxylic acids is 2. The van der Waals surface area contributed by atoms with Crippen LogP contribution in [0.15, 0.2) is 52.7 Å². The van der Waals surface area contributed by atoms with E-state index >= 15 is 0 Å². The molecular formula is C21H19FN4O5S. The van der Waals surface area contributed by atoms with Gasteiger partial charge in [0, 0.05) is 12.0 Å². The first-order valence-corrected chi connectivity index (χ1v) is 10.2. The molecule has 3 rings (SSSR count). The second-order valence-corrected chi connectivity index (χ2v) is 7.93. The zero-order valence-corrected chi connectivity index (χ0v) is 17.9. The van der Waals surface area contributed by atoms with Crippen LogP contribution in [0.1, 0.15) is 29.3 Å². The Hall–Kier alpha value is -3.73. The summed E-state index contributed by atoms with van der Waals surface area (Å²) in [5.41, 5.74) is 7.06. The number of amidine groups is 1. The topological polar surface area (TPSA) is 135 Å². The number of amides is 2. The molecule has 1 atom stereocenters. The predicted octanol–water partition coefficient (Wildman–Crippen LogP) is 2.64. The van der Waals surface area contributed by atoms with Crippen LogP contribution in [-0.4, -0.2) is 46.1 Å². The van der Waals surface area contributed by atoms with E-state index in [0.717, 1.165) is 16.7 Å². The summed E-state index contributed by atoms with van der Waals surface area (Å²) in [6.07, 6.45) is -0.0905. The molecule has 3 N–H and O–H groups in total. The van der Waals surface area contributed by atoms with E-state index in [2.05, 4.69) is 10.2 Å². The van der Waals surface area contributed by atoms with Gasteiger partial charge < -0.3 is 15.6 Å². The van der Waals surface area contributed by atoms with Gasteiger partial charge in [-0.25, -0.2) is 14.1 Å². The normalized spacial score (nSPS) is 17.1. The number of nitrogens with zero attached hydrogens (tertiary/aromatic N) is 3. The van der Waals surface area contributed by atoms with E-state index in [1.165, 1.54) is 43.5 Å². The highest BCUT2D eigenvalue weighted by Crippen LogP contribution is 2.30.